The Bertz CT molecular complexity index is 437. The SMILES string of the molecule is CC(C)(C)c1nc(CC2CCOC2)nc(N)c1Br. The normalized spacial score (nSPS) is 20.3. The Morgan fingerprint density at radius 2 is 2.11 bits per heavy atom. The third-order valence-electron chi connectivity index (χ3n) is 3.13. The Morgan fingerprint density at radius 1 is 1.39 bits per heavy atom. The van der Waals surface area contributed by atoms with Gasteiger partial charge >= 0.3 is 0 Å². The maximum Gasteiger partial charge on any atom is 0.141 e. The van der Waals surface area contributed by atoms with E-state index in [0.29, 0.717) is 11.7 Å². The van der Waals surface area contributed by atoms with Gasteiger partial charge in [0.15, 0.2) is 0 Å². The molecule has 0 spiro atoms. The fraction of sp³-hybridized carbons (Fsp3) is 0.692. The lowest BCUT2D eigenvalue weighted by molar-refractivity contribution is 0.185. The average molecular weight is 314 g/mol. The second kappa shape index (κ2) is 5.13. The van der Waals surface area contributed by atoms with Gasteiger partial charge in [0.05, 0.1) is 10.2 Å². The Hall–Kier alpha value is -0.680. The van der Waals surface area contributed by atoms with E-state index < -0.39 is 0 Å². The van der Waals surface area contributed by atoms with E-state index >= 15 is 0 Å². The van der Waals surface area contributed by atoms with Crippen molar-refractivity contribution in [3.05, 3.63) is 16.0 Å². The van der Waals surface area contributed by atoms with Crippen molar-refractivity contribution in [3.8, 4) is 0 Å². The summed E-state index contributed by atoms with van der Waals surface area (Å²) < 4.78 is 6.21. The number of nitrogens with two attached hydrogens (primary N) is 1. The molecule has 2 heterocycles. The molecule has 1 aliphatic heterocycles. The van der Waals surface area contributed by atoms with Crippen LogP contribution in [0.3, 0.4) is 0 Å². The summed E-state index contributed by atoms with van der Waals surface area (Å²) in [5, 5.41) is 0. The van der Waals surface area contributed by atoms with Gasteiger partial charge in [-0.15, -0.1) is 0 Å². The van der Waals surface area contributed by atoms with E-state index in [4.69, 9.17) is 10.5 Å². The molecule has 2 rings (SSSR count). The Morgan fingerprint density at radius 3 is 2.67 bits per heavy atom. The summed E-state index contributed by atoms with van der Waals surface area (Å²) in [6.07, 6.45) is 1.94. The molecule has 2 N–H and O–H groups in total. The molecule has 0 amide bonds. The van der Waals surface area contributed by atoms with E-state index in [2.05, 4.69) is 46.7 Å². The van der Waals surface area contributed by atoms with Gasteiger partial charge in [-0.2, -0.15) is 0 Å². The minimum absolute atomic E-state index is 0.0448. The van der Waals surface area contributed by atoms with Crippen LogP contribution in [-0.4, -0.2) is 23.2 Å². The lowest BCUT2D eigenvalue weighted by Gasteiger charge is -2.21. The zero-order chi connectivity index (χ0) is 13.3. The third kappa shape index (κ3) is 3.01. The number of hydrogen-bond donors (Lipinski definition) is 1. The molecule has 18 heavy (non-hydrogen) atoms. The third-order valence-corrected chi connectivity index (χ3v) is 3.91. The highest BCUT2D eigenvalue weighted by Gasteiger charge is 2.24. The van der Waals surface area contributed by atoms with Crippen molar-refractivity contribution >= 4 is 21.7 Å². The molecule has 1 unspecified atom stereocenters. The molecule has 1 atom stereocenters. The van der Waals surface area contributed by atoms with Gasteiger partial charge in [0.1, 0.15) is 11.6 Å². The van der Waals surface area contributed by atoms with Crippen molar-refractivity contribution in [1.82, 2.24) is 9.97 Å². The van der Waals surface area contributed by atoms with Crippen molar-refractivity contribution < 1.29 is 4.74 Å². The average Bonchev–Trinajstić information content (AvgIpc) is 2.74. The number of halogens is 1. The minimum Gasteiger partial charge on any atom is -0.383 e. The zero-order valence-electron chi connectivity index (χ0n) is 11.2. The van der Waals surface area contributed by atoms with Crippen LogP contribution in [0.4, 0.5) is 5.82 Å². The lowest BCUT2D eigenvalue weighted by atomic mass is 9.91. The van der Waals surface area contributed by atoms with Crippen LogP contribution in [0, 0.1) is 5.92 Å². The molecule has 4 nitrogen and oxygen atoms in total. The number of aromatic nitrogens is 2. The van der Waals surface area contributed by atoms with Gasteiger partial charge in [0.25, 0.3) is 0 Å². The summed E-state index contributed by atoms with van der Waals surface area (Å²) in [6, 6.07) is 0. The van der Waals surface area contributed by atoms with Gasteiger partial charge < -0.3 is 10.5 Å². The van der Waals surface area contributed by atoms with Crippen LogP contribution in [0.25, 0.3) is 0 Å². The van der Waals surface area contributed by atoms with E-state index in [-0.39, 0.29) is 5.41 Å². The van der Waals surface area contributed by atoms with Crippen molar-refractivity contribution in [3.63, 3.8) is 0 Å². The van der Waals surface area contributed by atoms with E-state index in [1.54, 1.807) is 0 Å². The van der Waals surface area contributed by atoms with Gasteiger partial charge in [-0.05, 0) is 28.3 Å². The molecular formula is C13H20BrN3O. The van der Waals surface area contributed by atoms with E-state index in [9.17, 15) is 0 Å². The standard InChI is InChI=1S/C13H20BrN3O/c1-13(2,3)11-10(14)12(15)17-9(16-11)6-8-4-5-18-7-8/h8H,4-7H2,1-3H3,(H2,15,16,17). The monoisotopic (exact) mass is 313 g/mol. The molecule has 1 fully saturated rings. The van der Waals surface area contributed by atoms with E-state index in [0.717, 1.165) is 42.0 Å². The summed E-state index contributed by atoms with van der Waals surface area (Å²) in [4.78, 5) is 9.05. The summed E-state index contributed by atoms with van der Waals surface area (Å²) in [7, 11) is 0. The summed E-state index contributed by atoms with van der Waals surface area (Å²) in [5.41, 5.74) is 6.89. The fourth-order valence-electron chi connectivity index (χ4n) is 2.10. The van der Waals surface area contributed by atoms with Gasteiger partial charge in [-0.3, -0.25) is 0 Å². The molecule has 0 aliphatic carbocycles. The molecule has 0 radical (unpaired) electrons. The van der Waals surface area contributed by atoms with E-state index in [1.807, 2.05) is 0 Å². The summed E-state index contributed by atoms with van der Waals surface area (Å²) >= 11 is 3.49. The first-order valence-electron chi connectivity index (χ1n) is 6.28. The zero-order valence-corrected chi connectivity index (χ0v) is 12.7. The molecule has 5 heteroatoms. The van der Waals surface area contributed by atoms with Gasteiger partial charge in [-0.25, -0.2) is 9.97 Å². The highest BCUT2D eigenvalue weighted by Crippen LogP contribution is 2.31. The quantitative estimate of drug-likeness (QED) is 0.912. The number of nitrogens with zero attached hydrogens (tertiary/aromatic N) is 2. The largest absolute Gasteiger partial charge is 0.383 e. The van der Waals surface area contributed by atoms with Crippen LogP contribution in [0.1, 0.15) is 38.7 Å². The van der Waals surface area contributed by atoms with Gasteiger partial charge in [0.2, 0.25) is 0 Å². The van der Waals surface area contributed by atoms with Crippen molar-refractivity contribution in [2.45, 2.75) is 39.0 Å². The van der Waals surface area contributed by atoms with Crippen molar-refractivity contribution in [2.75, 3.05) is 18.9 Å². The van der Waals surface area contributed by atoms with Crippen LogP contribution in [0.15, 0.2) is 4.47 Å². The lowest BCUT2D eigenvalue weighted by Crippen LogP contribution is -2.19. The van der Waals surface area contributed by atoms with Crippen LogP contribution < -0.4 is 5.73 Å². The van der Waals surface area contributed by atoms with Crippen LogP contribution >= 0.6 is 15.9 Å². The predicted octanol–water partition coefficient (Wildman–Crippen LogP) is 2.70. The van der Waals surface area contributed by atoms with Crippen LogP contribution in [0.2, 0.25) is 0 Å². The Labute approximate surface area is 116 Å². The molecule has 0 aromatic carbocycles. The molecule has 0 saturated carbocycles. The number of rotatable bonds is 2. The molecule has 0 bridgehead atoms. The first-order valence-corrected chi connectivity index (χ1v) is 7.07. The minimum atomic E-state index is -0.0448. The highest BCUT2D eigenvalue weighted by atomic mass is 79.9. The first-order chi connectivity index (χ1) is 8.38. The van der Waals surface area contributed by atoms with E-state index in [1.165, 1.54) is 0 Å². The molecule has 100 valence electrons. The Balaban J connectivity index is 2.28. The molecule has 1 saturated heterocycles. The maximum absolute atomic E-state index is 5.96. The van der Waals surface area contributed by atoms with Gasteiger partial charge in [0, 0.05) is 25.0 Å². The van der Waals surface area contributed by atoms with Crippen molar-refractivity contribution in [1.29, 1.82) is 0 Å². The van der Waals surface area contributed by atoms with Crippen LogP contribution in [0.5, 0.6) is 0 Å². The molecule has 1 aliphatic rings. The smallest absolute Gasteiger partial charge is 0.141 e. The second-order valence-electron chi connectivity index (χ2n) is 5.87. The number of nitrogen functional groups attached to an aromatic ring is 1. The predicted molar refractivity (Wildman–Crippen MR) is 75.5 cm³/mol. The summed E-state index contributed by atoms with van der Waals surface area (Å²) in [6.45, 7) is 8.04. The Kier molecular flexibility index (Phi) is 3.92. The molecular weight excluding hydrogens is 294 g/mol. The number of anilines is 1. The molecule has 1 aromatic rings. The van der Waals surface area contributed by atoms with Crippen molar-refractivity contribution in [2.24, 2.45) is 5.92 Å². The number of hydrogen-bond acceptors (Lipinski definition) is 4. The molecule has 1 aromatic heterocycles. The van der Waals surface area contributed by atoms with Gasteiger partial charge in [-0.1, -0.05) is 20.8 Å². The maximum atomic E-state index is 5.96. The van der Waals surface area contributed by atoms with Crippen LogP contribution in [-0.2, 0) is 16.6 Å². The highest BCUT2D eigenvalue weighted by molar-refractivity contribution is 9.10. The topological polar surface area (TPSA) is 61.0 Å². The first kappa shape index (κ1) is 13.7. The number of ether oxygens (including phenoxy) is 1. The second-order valence-corrected chi connectivity index (χ2v) is 6.66. The summed E-state index contributed by atoms with van der Waals surface area (Å²) in [5.74, 6) is 1.89. The fourth-order valence-corrected chi connectivity index (χ4v) is 2.88.